The van der Waals surface area contributed by atoms with Gasteiger partial charge in [0.15, 0.2) is 5.82 Å². The van der Waals surface area contributed by atoms with E-state index in [1.54, 1.807) is 0 Å². The van der Waals surface area contributed by atoms with Crippen molar-refractivity contribution in [2.45, 2.75) is 39.0 Å². The van der Waals surface area contributed by atoms with Crippen LogP contribution in [0.3, 0.4) is 0 Å². The van der Waals surface area contributed by atoms with Crippen LogP contribution in [-0.4, -0.2) is 21.3 Å². The predicted molar refractivity (Wildman–Crippen MR) is 57.1 cm³/mol. The summed E-state index contributed by atoms with van der Waals surface area (Å²) in [5, 5.41) is 4.37. The molecule has 0 aliphatic heterocycles. The minimum atomic E-state index is 0.406. The molecule has 0 bridgehead atoms. The SMILES string of the molecule is CCCc1nc(C(C)CCN)n(C)n1. The van der Waals surface area contributed by atoms with Gasteiger partial charge in [-0.05, 0) is 19.4 Å². The average Bonchev–Trinajstić information content (AvgIpc) is 2.48. The second-order valence-corrected chi connectivity index (χ2v) is 3.74. The molecule has 1 unspecified atom stereocenters. The number of rotatable bonds is 5. The lowest BCUT2D eigenvalue weighted by Crippen LogP contribution is -2.09. The Morgan fingerprint density at radius 3 is 2.79 bits per heavy atom. The molecule has 80 valence electrons. The maximum absolute atomic E-state index is 5.52. The van der Waals surface area contributed by atoms with E-state index < -0.39 is 0 Å². The van der Waals surface area contributed by atoms with Crippen molar-refractivity contribution in [3.05, 3.63) is 11.6 Å². The van der Waals surface area contributed by atoms with Gasteiger partial charge in [-0.15, -0.1) is 0 Å². The smallest absolute Gasteiger partial charge is 0.150 e. The first kappa shape index (κ1) is 11.2. The molecule has 2 N–H and O–H groups in total. The lowest BCUT2D eigenvalue weighted by atomic mass is 10.1. The first-order chi connectivity index (χ1) is 6.69. The van der Waals surface area contributed by atoms with E-state index in [1.165, 1.54) is 0 Å². The molecule has 1 aromatic rings. The van der Waals surface area contributed by atoms with E-state index in [2.05, 4.69) is 23.9 Å². The van der Waals surface area contributed by atoms with Gasteiger partial charge in [0.05, 0.1) is 0 Å². The topological polar surface area (TPSA) is 56.7 Å². The molecule has 0 saturated carbocycles. The Bertz CT molecular complexity index is 280. The van der Waals surface area contributed by atoms with E-state index in [0.29, 0.717) is 12.5 Å². The second-order valence-electron chi connectivity index (χ2n) is 3.74. The van der Waals surface area contributed by atoms with Gasteiger partial charge in [0.1, 0.15) is 5.82 Å². The summed E-state index contributed by atoms with van der Waals surface area (Å²) >= 11 is 0. The maximum atomic E-state index is 5.52. The van der Waals surface area contributed by atoms with Crippen molar-refractivity contribution in [3.63, 3.8) is 0 Å². The quantitative estimate of drug-likeness (QED) is 0.770. The van der Waals surface area contributed by atoms with E-state index in [-0.39, 0.29) is 0 Å². The Morgan fingerprint density at radius 1 is 1.50 bits per heavy atom. The number of hydrogen-bond acceptors (Lipinski definition) is 3. The largest absolute Gasteiger partial charge is 0.330 e. The number of hydrogen-bond donors (Lipinski definition) is 1. The molecule has 0 radical (unpaired) electrons. The Kier molecular flexibility index (Phi) is 4.07. The minimum Gasteiger partial charge on any atom is -0.330 e. The van der Waals surface area contributed by atoms with Crippen LogP contribution in [0.15, 0.2) is 0 Å². The highest BCUT2D eigenvalue weighted by Gasteiger charge is 2.12. The molecule has 1 atom stereocenters. The number of nitrogens with zero attached hydrogens (tertiary/aromatic N) is 3. The van der Waals surface area contributed by atoms with Gasteiger partial charge in [-0.1, -0.05) is 13.8 Å². The third kappa shape index (κ3) is 2.54. The Hall–Kier alpha value is -0.900. The van der Waals surface area contributed by atoms with Crippen molar-refractivity contribution >= 4 is 0 Å². The van der Waals surface area contributed by atoms with Crippen LogP contribution >= 0.6 is 0 Å². The highest BCUT2D eigenvalue weighted by atomic mass is 15.3. The summed E-state index contributed by atoms with van der Waals surface area (Å²) in [6.45, 7) is 4.99. The molecular weight excluding hydrogens is 176 g/mol. The predicted octanol–water partition coefficient (Wildman–Crippen LogP) is 1.22. The van der Waals surface area contributed by atoms with Crippen molar-refractivity contribution in [1.29, 1.82) is 0 Å². The minimum absolute atomic E-state index is 0.406. The van der Waals surface area contributed by atoms with Crippen molar-refractivity contribution in [3.8, 4) is 0 Å². The van der Waals surface area contributed by atoms with Gasteiger partial charge in [-0.25, -0.2) is 4.98 Å². The van der Waals surface area contributed by atoms with Gasteiger partial charge in [0.2, 0.25) is 0 Å². The van der Waals surface area contributed by atoms with E-state index in [9.17, 15) is 0 Å². The fourth-order valence-corrected chi connectivity index (χ4v) is 1.59. The highest BCUT2D eigenvalue weighted by molar-refractivity contribution is 4.98. The third-order valence-electron chi connectivity index (χ3n) is 2.35. The normalized spacial score (nSPS) is 13.1. The fraction of sp³-hybridized carbons (Fsp3) is 0.800. The molecule has 0 spiro atoms. The summed E-state index contributed by atoms with van der Waals surface area (Å²) in [5.74, 6) is 2.41. The second kappa shape index (κ2) is 5.10. The molecule has 0 amide bonds. The van der Waals surface area contributed by atoms with Gasteiger partial charge in [-0.3, -0.25) is 4.68 Å². The molecule has 4 nitrogen and oxygen atoms in total. The summed E-state index contributed by atoms with van der Waals surface area (Å²) in [7, 11) is 1.95. The molecule has 0 aliphatic carbocycles. The van der Waals surface area contributed by atoms with Crippen molar-refractivity contribution in [1.82, 2.24) is 14.8 Å². The molecule has 0 fully saturated rings. The van der Waals surface area contributed by atoms with Crippen LogP contribution in [0.5, 0.6) is 0 Å². The summed E-state index contributed by atoms with van der Waals surface area (Å²) in [4.78, 5) is 4.51. The number of aryl methyl sites for hydroxylation is 2. The summed E-state index contributed by atoms with van der Waals surface area (Å²) in [5.41, 5.74) is 5.52. The van der Waals surface area contributed by atoms with Crippen molar-refractivity contribution < 1.29 is 0 Å². The molecular formula is C10H20N4. The van der Waals surface area contributed by atoms with E-state index in [4.69, 9.17) is 5.73 Å². The molecule has 14 heavy (non-hydrogen) atoms. The third-order valence-corrected chi connectivity index (χ3v) is 2.35. The zero-order chi connectivity index (χ0) is 10.6. The molecule has 1 aromatic heterocycles. The Balaban J connectivity index is 2.75. The molecule has 0 saturated heterocycles. The van der Waals surface area contributed by atoms with Crippen LogP contribution in [0, 0.1) is 0 Å². The lowest BCUT2D eigenvalue weighted by molar-refractivity contribution is 0.592. The van der Waals surface area contributed by atoms with Crippen LogP contribution in [0.25, 0.3) is 0 Å². The van der Waals surface area contributed by atoms with Crippen LogP contribution in [0.1, 0.15) is 44.3 Å². The molecule has 0 aliphatic rings. The van der Waals surface area contributed by atoms with Crippen molar-refractivity contribution in [2.24, 2.45) is 12.8 Å². The zero-order valence-corrected chi connectivity index (χ0v) is 9.32. The van der Waals surface area contributed by atoms with Crippen LogP contribution in [0.2, 0.25) is 0 Å². The molecule has 0 aromatic carbocycles. The average molecular weight is 196 g/mol. The number of aromatic nitrogens is 3. The standard InChI is InChI=1S/C10H20N4/c1-4-5-9-12-10(14(3)13-9)8(2)6-7-11/h8H,4-7,11H2,1-3H3. The van der Waals surface area contributed by atoms with E-state index >= 15 is 0 Å². The fourth-order valence-electron chi connectivity index (χ4n) is 1.59. The first-order valence-corrected chi connectivity index (χ1v) is 5.28. The summed E-state index contributed by atoms with van der Waals surface area (Å²) in [6.07, 6.45) is 3.02. The first-order valence-electron chi connectivity index (χ1n) is 5.28. The van der Waals surface area contributed by atoms with Crippen molar-refractivity contribution in [2.75, 3.05) is 6.54 Å². The molecule has 4 heteroatoms. The van der Waals surface area contributed by atoms with Gasteiger partial charge >= 0.3 is 0 Å². The highest BCUT2D eigenvalue weighted by Crippen LogP contribution is 2.15. The Morgan fingerprint density at radius 2 is 2.21 bits per heavy atom. The lowest BCUT2D eigenvalue weighted by Gasteiger charge is -2.07. The summed E-state index contributed by atoms with van der Waals surface area (Å²) < 4.78 is 1.88. The van der Waals surface area contributed by atoms with E-state index in [1.807, 2.05) is 11.7 Å². The Labute approximate surface area is 85.5 Å². The van der Waals surface area contributed by atoms with Crippen LogP contribution < -0.4 is 5.73 Å². The summed E-state index contributed by atoms with van der Waals surface area (Å²) in [6, 6.07) is 0. The van der Waals surface area contributed by atoms with Crippen LogP contribution in [-0.2, 0) is 13.5 Å². The van der Waals surface area contributed by atoms with Gasteiger partial charge in [0, 0.05) is 19.4 Å². The number of nitrogens with two attached hydrogens (primary N) is 1. The molecule has 1 rings (SSSR count). The van der Waals surface area contributed by atoms with Gasteiger partial charge < -0.3 is 5.73 Å². The van der Waals surface area contributed by atoms with Crippen LogP contribution in [0.4, 0.5) is 0 Å². The van der Waals surface area contributed by atoms with Gasteiger partial charge in [-0.2, -0.15) is 5.10 Å². The van der Waals surface area contributed by atoms with E-state index in [0.717, 1.165) is 30.9 Å². The maximum Gasteiger partial charge on any atom is 0.150 e. The van der Waals surface area contributed by atoms with Gasteiger partial charge in [0.25, 0.3) is 0 Å². The molecule has 1 heterocycles. The zero-order valence-electron chi connectivity index (χ0n) is 9.32. The monoisotopic (exact) mass is 196 g/mol.